The molecule has 0 spiro atoms. The Morgan fingerprint density at radius 2 is 1.64 bits per heavy atom. The van der Waals surface area contributed by atoms with E-state index in [1.807, 2.05) is 0 Å². The Balaban J connectivity index is 3.21. The van der Waals surface area contributed by atoms with Crippen LogP contribution in [0.2, 0.25) is 10.0 Å². The number of alkyl halides is 1. The SMILES string of the molecule is Nc1c(Cl)cc(CCl)cc1Cl. The molecule has 11 heavy (non-hydrogen) atoms. The summed E-state index contributed by atoms with van der Waals surface area (Å²) in [5.41, 5.74) is 6.77. The molecule has 0 amide bonds. The third kappa shape index (κ3) is 1.92. The van der Waals surface area contributed by atoms with Crippen LogP contribution in [0, 0.1) is 0 Å². The summed E-state index contributed by atoms with van der Waals surface area (Å²) in [5.74, 6) is 0.389. The summed E-state index contributed by atoms with van der Waals surface area (Å²) in [6.07, 6.45) is 0. The van der Waals surface area contributed by atoms with E-state index in [0.717, 1.165) is 5.56 Å². The molecule has 0 aliphatic heterocycles. The first-order valence-corrected chi connectivity index (χ1v) is 4.23. The molecule has 0 radical (unpaired) electrons. The summed E-state index contributed by atoms with van der Waals surface area (Å²) in [6.45, 7) is 0. The molecule has 0 heterocycles. The molecule has 0 unspecified atom stereocenters. The maximum absolute atomic E-state index is 5.73. The van der Waals surface area contributed by atoms with E-state index in [1.165, 1.54) is 0 Å². The van der Waals surface area contributed by atoms with Crippen molar-refractivity contribution < 1.29 is 0 Å². The van der Waals surface area contributed by atoms with Crippen LogP contribution in [0.25, 0.3) is 0 Å². The highest BCUT2D eigenvalue weighted by Crippen LogP contribution is 2.29. The largest absolute Gasteiger partial charge is 0.396 e. The fourth-order valence-corrected chi connectivity index (χ4v) is 1.40. The van der Waals surface area contributed by atoms with Gasteiger partial charge in [-0.15, -0.1) is 11.6 Å². The average molecular weight is 210 g/mol. The van der Waals surface area contributed by atoms with Crippen LogP contribution in [0.15, 0.2) is 12.1 Å². The number of halogens is 3. The summed E-state index contributed by atoms with van der Waals surface area (Å²) >= 11 is 17.0. The van der Waals surface area contributed by atoms with Crippen molar-refractivity contribution in [3.63, 3.8) is 0 Å². The number of benzene rings is 1. The van der Waals surface area contributed by atoms with Gasteiger partial charge in [0.2, 0.25) is 0 Å². The molecule has 1 nitrogen and oxygen atoms in total. The fourth-order valence-electron chi connectivity index (χ4n) is 0.714. The summed E-state index contributed by atoms with van der Waals surface area (Å²) in [6, 6.07) is 3.41. The van der Waals surface area contributed by atoms with Gasteiger partial charge in [-0.05, 0) is 17.7 Å². The van der Waals surface area contributed by atoms with E-state index in [1.54, 1.807) is 12.1 Å². The first-order chi connectivity index (χ1) is 5.15. The van der Waals surface area contributed by atoms with Crippen molar-refractivity contribution in [2.75, 3.05) is 5.73 Å². The molecule has 60 valence electrons. The van der Waals surface area contributed by atoms with E-state index in [9.17, 15) is 0 Å². The molecule has 1 aromatic rings. The quantitative estimate of drug-likeness (QED) is 0.558. The lowest BCUT2D eigenvalue weighted by Gasteiger charge is -2.02. The Kier molecular flexibility index (Phi) is 2.88. The average Bonchev–Trinajstić information content (AvgIpc) is 1.99. The molecular weight excluding hydrogens is 204 g/mol. The molecule has 0 aliphatic carbocycles. The first kappa shape index (κ1) is 8.98. The molecule has 0 bridgehead atoms. The van der Waals surface area contributed by atoms with Crippen molar-refractivity contribution in [3.8, 4) is 0 Å². The molecule has 1 aromatic carbocycles. The highest BCUT2D eigenvalue weighted by atomic mass is 35.5. The number of rotatable bonds is 1. The zero-order chi connectivity index (χ0) is 8.43. The van der Waals surface area contributed by atoms with Gasteiger partial charge < -0.3 is 5.73 Å². The van der Waals surface area contributed by atoms with Crippen molar-refractivity contribution in [1.82, 2.24) is 0 Å². The highest BCUT2D eigenvalue weighted by Gasteiger charge is 2.03. The van der Waals surface area contributed by atoms with Gasteiger partial charge in [-0.25, -0.2) is 0 Å². The molecular formula is C7H6Cl3N. The van der Waals surface area contributed by atoms with Gasteiger partial charge in [0.1, 0.15) is 0 Å². The van der Waals surface area contributed by atoms with Gasteiger partial charge in [0.15, 0.2) is 0 Å². The molecule has 0 aromatic heterocycles. The number of nitrogens with two attached hydrogens (primary N) is 1. The molecule has 0 saturated carbocycles. The normalized spacial score (nSPS) is 10.1. The third-order valence-corrected chi connectivity index (χ3v) is 2.23. The molecule has 0 aliphatic rings. The van der Waals surface area contributed by atoms with Gasteiger partial charge in [0.25, 0.3) is 0 Å². The number of hydrogen-bond acceptors (Lipinski definition) is 1. The highest BCUT2D eigenvalue weighted by molar-refractivity contribution is 6.39. The topological polar surface area (TPSA) is 26.0 Å². The van der Waals surface area contributed by atoms with Crippen molar-refractivity contribution in [3.05, 3.63) is 27.7 Å². The van der Waals surface area contributed by atoms with Gasteiger partial charge in [0, 0.05) is 5.88 Å². The Morgan fingerprint density at radius 1 is 1.18 bits per heavy atom. The van der Waals surface area contributed by atoms with E-state index >= 15 is 0 Å². The van der Waals surface area contributed by atoms with Crippen LogP contribution in [0.3, 0.4) is 0 Å². The Hall–Kier alpha value is -0.110. The second-order valence-electron chi connectivity index (χ2n) is 2.11. The minimum atomic E-state index is 0.389. The van der Waals surface area contributed by atoms with Crippen molar-refractivity contribution in [2.45, 2.75) is 5.88 Å². The van der Waals surface area contributed by atoms with Crippen molar-refractivity contribution >= 4 is 40.5 Å². The van der Waals surface area contributed by atoms with E-state index in [-0.39, 0.29) is 0 Å². The minimum absolute atomic E-state index is 0.389. The molecule has 4 heteroatoms. The van der Waals surface area contributed by atoms with E-state index in [0.29, 0.717) is 21.6 Å². The second-order valence-corrected chi connectivity index (χ2v) is 3.19. The van der Waals surface area contributed by atoms with Crippen LogP contribution in [-0.4, -0.2) is 0 Å². The predicted octanol–water partition coefficient (Wildman–Crippen LogP) is 3.31. The summed E-state index contributed by atoms with van der Waals surface area (Å²) in [4.78, 5) is 0. The Bertz CT molecular complexity index is 249. The van der Waals surface area contributed by atoms with Crippen molar-refractivity contribution in [2.24, 2.45) is 0 Å². The number of anilines is 1. The summed E-state index contributed by atoms with van der Waals surface area (Å²) < 4.78 is 0. The van der Waals surface area contributed by atoms with Crippen LogP contribution in [-0.2, 0) is 5.88 Å². The molecule has 1 rings (SSSR count). The summed E-state index contributed by atoms with van der Waals surface area (Å²) in [5, 5.41) is 0.904. The van der Waals surface area contributed by atoms with Crippen molar-refractivity contribution in [1.29, 1.82) is 0 Å². The number of hydrogen-bond donors (Lipinski definition) is 1. The van der Waals surface area contributed by atoms with Gasteiger partial charge in [0.05, 0.1) is 15.7 Å². The molecule has 2 N–H and O–H groups in total. The smallest absolute Gasteiger partial charge is 0.0693 e. The van der Waals surface area contributed by atoms with Crippen LogP contribution >= 0.6 is 34.8 Å². The minimum Gasteiger partial charge on any atom is -0.396 e. The van der Waals surface area contributed by atoms with Crippen LogP contribution in [0.4, 0.5) is 5.69 Å². The van der Waals surface area contributed by atoms with Gasteiger partial charge >= 0.3 is 0 Å². The summed E-state index contributed by atoms with van der Waals surface area (Å²) in [7, 11) is 0. The third-order valence-electron chi connectivity index (χ3n) is 1.29. The molecule has 0 saturated heterocycles. The Labute approximate surface area is 80.0 Å². The standard InChI is InChI=1S/C7H6Cl3N/c8-3-4-1-5(9)7(11)6(10)2-4/h1-2H,3,11H2. The molecule has 0 atom stereocenters. The maximum Gasteiger partial charge on any atom is 0.0693 e. The lowest BCUT2D eigenvalue weighted by atomic mass is 10.2. The second kappa shape index (κ2) is 3.53. The van der Waals surface area contributed by atoms with Gasteiger partial charge in [-0.2, -0.15) is 0 Å². The maximum atomic E-state index is 5.73. The predicted molar refractivity (Wildman–Crippen MR) is 50.4 cm³/mol. The monoisotopic (exact) mass is 209 g/mol. The Morgan fingerprint density at radius 3 is 2.00 bits per heavy atom. The van der Waals surface area contributed by atoms with Gasteiger partial charge in [-0.1, -0.05) is 23.2 Å². The zero-order valence-corrected chi connectivity index (χ0v) is 7.84. The fraction of sp³-hybridized carbons (Fsp3) is 0.143. The zero-order valence-electron chi connectivity index (χ0n) is 5.57. The van der Waals surface area contributed by atoms with E-state index < -0.39 is 0 Å². The van der Waals surface area contributed by atoms with Crippen LogP contribution < -0.4 is 5.73 Å². The van der Waals surface area contributed by atoms with E-state index in [4.69, 9.17) is 40.5 Å². The van der Waals surface area contributed by atoms with Crippen LogP contribution in [0.1, 0.15) is 5.56 Å². The lowest BCUT2D eigenvalue weighted by molar-refractivity contribution is 1.40. The number of nitrogen functional groups attached to an aromatic ring is 1. The molecule has 0 fully saturated rings. The van der Waals surface area contributed by atoms with Gasteiger partial charge in [-0.3, -0.25) is 0 Å². The van der Waals surface area contributed by atoms with Crippen LogP contribution in [0.5, 0.6) is 0 Å². The van der Waals surface area contributed by atoms with E-state index in [2.05, 4.69) is 0 Å². The first-order valence-electron chi connectivity index (χ1n) is 2.94. The lowest BCUT2D eigenvalue weighted by Crippen LogP contribution is -1.89.